The Morgan fingerprint density at radius 3 is 2.64 bits per heavy atom. The number of aliphatic hydroxyl groups is 1. The molecular formula is C17H19F2N3O3. The van der Waals surface area contributed by atoms with Crippen LogP contribution in [0.5, 0.6) is 0 Å². The summed E-state index contributed by atoms with van der Waals surface area (Å²) in [7, 11) is 1.48. The number of amides is 2. The number of carbonyl (C=O) groups is 2. The molecule has 4 rings (SSSR count). The molecule has 1 aromatic carbocycles. The number of benzene rings is 1. The minimum Gasteiger partial charge on any atom is -0.392 e. The van der Waals surface area contributed by atoms with Crippen LogP contribution in [0.1, 0.15) is 12.0 Å². The SMILES string of the molecule is CN1C(=O)C2CC(O)CN2C2(CN(Cc3ccc(F)c(F)c3)C2)C1=O. The molecule has 0 radical (unpaired) electrons. The largest absolute Gasteiger partial charge is 0.392 e. The topological polar surface area (TPSA) is 64.1 Å². The number of hydrogen-bond acceptors (Lipinski definition) is 5. The molecular weight excluding hydrogens is 332 g/mol. The van der Waals surface area contributed by atoms with Gasteiger partial charge in [0.2, 0.25) is 5.91 Å². The Balaban J connectivity index is 1.52. The molecule has 3 aliphatic heterocycles. The Hall–Kier alpha value is -1.90. The number of hydrogen-bond donors (Lipinski definition) is 1. The second-order valence-electron chi connectivity index (χ2n) is 7.19. The predicted octanol–water partition coefficient (Wildman–Crippen LogP) is -0.0470. The first kappa shape index (κ1) is 16.6. The average Bonchev–Trinajstić information content (AvgIpc) is 2.93. The second-order valence-corrected chi connectivity index (χ2v) is 7.19. The summed E-state index contributed by atoms with van der Waals surface area (Å²) in [5, 5.41) is 9.95. The maximum absolute atomic E-state index is 13.3. The number of imide groups is 1. The van der Waals surface area contributed by atoms with Gasteiger partial charge in [0.25, 0.3) is 5.91 Å². The number of carbonyl (C=O) groups excluding carboxylic acids is 2. The van der Waals surface area contributed by atoms with E-state index in [4.69, 9.17) is 0 Å². The van der Waals surface area contributed by atoms with Crippen LogP contribution in [0, 0.1) is 11.6 Å². The molecule has 1 aromatic rings. The van der Waals surface area contributed by atoms with Crippen LogP contribution in [0.3, 0.4) is 0 Å². The van der Waals surface area contributed by atoms with Gasteiger partial charge in [0, 0.05) is 33.2 Å². The highest BCUT2D eigenvalue weighted by atomic mass is 19.2. The third-order valence-corrected chi connectivity index (χ3v) is 5.51. The first-order valence-electron chi connectivity index (χ1n) is 8.25. The van der Waals surface area contributed by atoms with Crippen molar-refractivity contribution >= 4 is 11.8 Å². The van der Waals surface area contributed by atoms with Gasteiger partial charge in [-0.2, -0.15) is 0 Å². The van der Waals surface area contributed by atoms with Crippen LogP contribution in [0.25, 0.3) is 0 Å². The van der Waals surface area contributed by atoms with Gasteiger partial charge in [-0.3, -0.25) is 24.3 Å². The summed E-state index contributed by atoms with van der Waals surface area (Å²) >= 11 is 0. The summed E-state index contributed by atoms with van der Waals surface area (Å²) in [6.45, 7) is 1.48. The Kier molecular flexibility index (Phi) is 3.68. The van der Waals surface area contributed by atoms with E-state index in [-0.39, 0.29) is 11.8 Å². The van der Waals surface area contributed by atoms with Crippen LogP contribution < -0.4 is 0 Å². The van der Waals surface area contributed by atoms with E-state index in [0.717, 1.165) is 17.0 Å². The summed E-state index contributed by atoms with van der Waals surface area (Å²) in [5.74, 6) is -2.31. The highest BCUT2D eigenvalue weighted by Gasteiger charge is 2.63. The minimum atomic E-state index is -0.894. The van der Waals surface area contributed by atoms with Gasteiger partial charge in [0.05, 0.1) is 12.1 Å². The molecule has 0 aromatic heterocycles. The average molecular weight is 351 g/mol. The van der Waals surface area contributed by atoms with E-state index in [1.807, 2.05) is 9.80 Å². The molecule has 3 saturated heterocycles. The fourth-order valence-electron chi connectivity index (χ4n) is 4.30. The van der Waals surface area contributed by atoms with E-state index >= 15 is 0 Å². The molecule has 8 heteroatoms. The van der Waals surface area contributed by atoms with Gasteiger partial charge >= 0.3 is 0 Å². The maximum Gasteiger partial charge on any atom is 0.252 e. The van der Waals surface area contributed by atoms with E-state index in [9.17, 15) is 23.5 Å². The molecule has 0 aliphatic carbocycles. The summed E-state index contributed by atoms with van der Waals surface area (Å²) in [4.78, 5) is 30.0. The lowest BCUT2D eigenvalue weighted by molar-refractivity contribution is -0.178. The molecule has 2 amide bonds. The lowest BCUT2D eigenvalue weighted by atomic mass is 9.82. The van der Waals surface area contributed by atoms with Crippen molar-refractivity contribution in [2.24, 2.45) is 0 Å². The van der Waals surface area contributed by atoms with Crippen molar-refractivity contribution in [2.45, 2.75) is 30.7 Å². The van der Waals surface area contributed by atoms with Crippen molar-refractivity contribution in [1.29, 1.82) is 0 Å². The summed E-state index contributed by atoms with van der Waals surface area (Å²) in [6.07, 6.45) is -0.285. The Morgan fingerprint density at radius 1 is 1.24 bits per heavy atom. The lowest BCUT2D eigenvalue weighted by Crippen LogP contribution is -2.80. The second kappa shape index (κ2) is 5.55. The van der Waals surface area contributed by atoms with Gasteiger partial charge in [-0.25, -0.2) is 8.78 Å². The molecule has 2 atom stereocenters. The van der Waals surface area contributed by atoms with Crippen LogP contribution in [0.4, 0.5) is 8.78 Å². The normalized spacial score (nSPS) is 29.2. The third-order valence-electron chi connectivity index (χ3n) is 5.51. The molecule has 1 spiro atoms. The Labute approximate surface area is 143 Å². The number of piperazine rings is 1. The molecule has 25 heavy (non-hydrogen) atoms. The minimum absolute atomic E-state index is 0.260. The van der Waals surface area contributed by atoms with Gasteiger partial charge in [0.1, 0.15) is 5.54 Å². The summed E-state index contributed by atoms with van der Waals surface area (Å²) < 4.78 is 26.4. The molecule has 134 valence electrons. The summed E-state index contributed by atoms with van der Waals surface area (Å²) in [6, 6.07) is 3.29. The van der Waals surface area contributed by atoms with Crippen LogP contribution in [-0.4, -0.2) is 76.0 Å². The maximum atomic E-state index is 13.3. The number of fused-ring (bicyclic) bond motifs is 2. The molecule has 3 aliphatic rings. The van der Waals surface area contributed by atoms with E-state index in [0.29, 0.717) is 38.2 Å². The van der Waals surface area contributed by atoms with Gasteiger partial charge in [0.15, 0.2) is 11.6 Å². The zero-order valence-corrected chi connectivity index (χ0v) is 13.8. The van der Waals surface area contributed by atoms with Gasteiger partial charge in [-0.15, -0.1) is 0 Å². The Morgan fingerprint density at radius 2 is 1.96 bits per heavy atom. The highest BCUT2D eigenvalue weighted by molar-refractivity contribution is 6.05. The molecule has 6 nitrogen and oxygen atoms in total. The van der Waals surface area contributed by atoms with Crippen molar-refractivity contribution in [3.05, 3.63) is 35.4 Å². The fourth-order valence-corrected chi connectivity index (χ4v) is 4.30. The van der Waals surface area contributed by atoms with Crippen molar-refractivity contribution in [3.63, 3.8) is 0 Å². The Bertz CT molecular complexity index is 751. The molecule has 3 heterocycles. The van der Waals surface area contributed by atoms with Crippen molar-refractivity contribution < 1.29 is 23.5 Å². The number of β-amino-alcohol motifs (C(OH)–C–C–N with tert-alkyl or cyclic N) is 1. The number of halogens is 2. The standard InChI is InChI=1S/C17H19F2N3O3/c1-20-15(24)14-5-11(23)7-22(14)17(16(20)25)8-21(9-17)6-10-2-3-12(18)13(19)4-10/h2-4,11,14,23H,5-9H2,1H3. The molecule has 3 fully saturated rings. The molecule has 2 unspecified atom stereocenters. The fraction of sp³-hybridized carbons (Fsp3) is 0.529. The number of nitrogens with zero attached hydrogens (tertiary/aromatic N) is 3. The van der Waals surface area contributed by atoms with Gasteiger partial charge in [-0.1, -0.05) is 6.07 Å². The first-order chi connectivity index (χ1) is 11.8. The van der Waals surface area contributed by atoms with Crippen LogP contribution in [0.15, 0.2) is 18.2 Å². The zero-order valence-electron chi connectivity index (χ0n) is 13.8. The lowest BCUT2D eigenvalue weighted by Gasteiger charge is -2.58. The number of rotatable bonds is 2. The zero-order chi connectivity index (χ0) is 17.9. The molecule has 1 N–H and O–H groups in total. The van der Waals surface area contributed by atoms with E-state index in [1.165, 1.54) is 13.1 Å². The summed E-state index contributed by atoms with van der Waals surface area (Å²) in [5.41, 5.74) is -0.192. The van der Waals surface area contributed by atoms with Gasteiger partial charge < -0.3 is 5.11 Å². The van der Waals surface area contributed by atoms with Crippen LogP contribution in [0.2, 0.25) is 0 Å². The third kappa shape index (κ3) is 2.39. The molecule has 0 bridgehead atoms. The van der Waals surface area contributed by atoms with Crippen LogP contribution in [-0.2, 0) is 16.1 Å². The van der Waals surface area contributed by atoms with Crippen LogP contribution >= 0.6 is 0 Å². The number of likely N-dealkylation sites (tertiary alicyclic amines) is 1. The van der Waals surface area contributed by atoms with Crippen molar-refractivity contribution in [3.8, 4) is 0 Å². The van der Waals surface area contributed by atoms with Gasteiger partial charge in [-0.05, 0) is 24.1 Å². The molecule has 0 saturated carbocycles. The van der Waals surface area contributed by atoms with E-state index < -0.39 is 29.3 Å². The number of likely N-dealkylation sites (N-methyl/N-ethyl adjacent to an activating group) is 1. The predicted molar refractivity (Wildman–Crippen MR) is 83.3 cm³/mol. The smallest absolute Gasteiger partial charge is 0.252 e. The monoisotopic (exact) mass is 351 g/mol. The van der Waals surface area contributed by atoms with Crippen molar-refractivity contribution in [2.75, 3.05) is 26.7 Å². The number of aliphatic hydroxyl groups excluding tert-OH is 1. The van der Waals surface area contributed by atoms with Crippen molar-refractivity contribution in [1.82, 2.24) is 14.7 Å². The van der Waals surface area contributed by atoms with E-state index in [1.54, 1.807) is 0 Å². The first-order valence-corrected chi connectivity index (χ1v) is 8.25. The van der Waals surface area contributed by atoms with E-state index in [2.05, 4.69) is 0 Å². The quantitative estimate of drug-likeness (QED) is 0.757. The highest BCUT2D eigenvalue weighted by Crippen LogP contribution is 2.40.